The summed E-state index contributed by atoms with van der Waals surface area (Å²) in [6.07, 6.45) is 6.39. The van der Waals surface area contributed by atoms with Crippen LogP contribution in [-0.4, -0.2) is 47.4 Å². The quantitative estimate of drug-likeness (QED) is 0.656. The number of anilines is 1. The zero-order valence-corrected chi connectivity index (χ0v) is 17.1. The molecule has 0 atom stereocenters. The van der Waals surface area contributed by atoms with Gasteiger partial charge in [0.2, 0.25) is 0 Å². The van der Waals surface area contributed by atoms with E-state index in [4.69, 9.17) is 9.97 Å². The molecule has 1 aliphatic rings. The second-order valence-electron chi connectivity index (χ2n) is 7.21. The first kappa shape index (κ1) is 20.0. The van der Waals surface area contributed by atoms with Crippen molar-refractivity contribution in [2.24, 2.45) is 4.99 Å². The van der Waals surface area contributed by atoms with Crippen molar-refractivity contribution in [2.45, 2.75) is 13.3 Å². The molecule has 7 heteroatoms. The van der Waals surface area contributed by atoms with Gasteiger partial charge in [0, 0.05) is 49.0 Å². The van der Waals surface area contributed by atoms with Gasteiger partial charge < -0.3 is 10.2 Å². The lowest BCUT2D eigenvalue weighted by Crippen LogP contribution is -2.28. The standard InChI is InChI=1S/C23H25FN6/c1-17-21(10-12-25-2)28-23(30(17)20-7-5-19(24)6-8-20)18-4-9-22(27-16-18)29-14-3-11-26-13-15-29/h4-10,12,16,26H,2-3,11,13-15H2,1H3/b12-10-. The Morgan fingerprint density at radius 3 is 2.70 bits per heavy atom. The third-order valence-corrected chi connectivity index (χ3v) is 5.24. The fourth-order valence-corrected chi connectivity index (χ4v) is 3.68. The number of aliphatic imine (C=N–C) groups is 1. The van der Waals surface area contributed by atoms with Gasteiger partial charge in [-0.25, -0.2) is 14.4 Å². The SMILES string of the molecule is C=N/C=C\c1nc(-c2ccc(N3CCCNCC3)nc2)n(-c2ccc(F)cc2)c1C. The van der Waals surface area contributed by atoms with Gasteiger partial charge in [0.05, 0.1) is 5.69 Å². The molecule has 2 aromatic heterocycles. The van der Waals surface area contributed by atoms with Crippen molar-refractivity contribution in [2.75, 3.05) is 31.1 Å². The molecule has 1 N–H and O–H groups in total. The number of aromatic nitrogens is 3. The number of nitrogens with one attached hydrogen (secondary N) is 1. The average Bonchev–Trinajstić information content (AvgIpc) is 2.94. The second-order valence-corrected chi connectivity index (χ2v) is 7.21. The van der Waals surface area contributed by atoms with Gasteiger partial charge in [0.1, 0.15) is 17.5 Å². The Labute approximate surface area is 175 Å². The maximum Gasteiger partial charge on any atom is 0.147 e. The third-order valence-electron chi connectivity index (χ3n) is 5.24. The third kappa shape index (κ3) is 4.16. The van der Waals surface area contributed by atoms with E-state index in [1.165, 1.54) is 12.1 Å². The summed E-state index contributed by atoms with van der Waals surface area (Å²) in [7, 11) is 0. The van der Waals surface area contributed by atoms with E-state index in [0.29, 0.717) is 0 Å². The first-order valence-corrected chi connectivity index (χ1v) is 10.1. The normalized spacial score (nSPS) is 14.8. The number of halogens is 1. The van der Waals surface area contributed by atoms with E-state index in [9.17, 15) is 4.39 Å². The van der Waals surface area contributed by atoms with Crippen molar-refractivity contribution in [3.05, 3.63) is 66.0 Å². The monoisotopic (exact) mass is 404 g/mol. The average molecular weight is 404 g/mol. The highest BCUT2D eigenvalue weighted by Crippen LogP contribution is 2.28. The van der Waals surface area contributed by atoms with Crippen LogP contribution in [0.25, 0.3) is 23.2 Å². The molecule has 3 aromatic rings. The van der Waals surface area contributed by atoms with Gasteiger partial charge >= 0.3 is 0 Å². The Morgan fingerprint density at radius 2 is 1.97 bits per heavy atom. The largest absolute Gasteiger partial charge is 0.355 e. The smallest absolute Gasteiger partial charge is 0.147 e. The summed E-state index contributed by atoms with van der Waals surface area (Å²) >= 11 is 0. The summed E-state index contributed by atoms with van der Waals surface area (Å²) < 4.78 is 15.5. The fraction of sp³-hybridized carbons (Fsp3) is 0.261. The molecule has 3 heterocycles. The van der Waals surface area contributed by atoms with Crippen LogP contribution in [0.1, 0.15) is 17.8 Å². The minimum Gasteiger partial charge on any atom is -0.355 e. The molecule has 0 bridgehead atoms. The number of pyridine rings is 1. The van der Waals surface area contributed by atoms with E-state index in [-0.39, 0.29) is 5.82 Å². The number of rotatable bonds is 5. The van der Waals surface area contributed by atoms with Crippen molar-refractivity contribution in [1.82, 2.24) is 19.9 Å². The van der Waals surface area contributed by atoms with E-state index >= 15 is 0 Å². The molecule has 1 fully saturated rings. The molecule has 0 saturated carbocycles. The van der Waals surface area contributed by atoms with Crippen LogP contribution in [0.15, 0.2) is 53.8 Å². The minimum absolute atomic E-state index is 0.271. The second kappa shape index (κ2) is 9.00. The Hall–Kier alpha value is -3.32. The van der Waals surface area contributed by atoms with Crippen molar-refractivity contribution < 1.29 is 4.39 Å². The summed E-state index contributed by atoms with van der Waals surface area (Å²) in [5.41, 5.74) is 3.44. The molecular weight excluding hydrogens is 379 g/mol. The molecule has 0 amide bonds. The van der Waals surface area contributed by atoms with Gasteiger partial charge in [-0.3, -0.25) is 9.56 Å². The Kier molecular flexibility index (Phi) is 5.99. The zero-order valence-electron chi connectivity index (χ0n) is 17.1. The van der Waals surface area contributed by atoms with Gasteiger partial charge in [-0.2, -0.15) is 0 Å². The summed E-state index contributed by atoms with van der Waals surface area (Å²) in [4.78, 5) is 15.6. The first-order valence-electron chi connectivity index (χ1n) is 10.1. The molecular formula is C23H25FN6. The molecule has 6 nitrogen and oxygen atoms in total. The topological polar surface area (TPSA) is 58.3 Å². The predicted octanol–water partition coefficient (Wildman–Crippen LogP) is 3.85. The van der Waals surface area contributed by atoms with Crippen molar-refractivity contribution >= 4 is 18.6 Å². The molecule has 0 radical (unpaired) electrons. The van der Waals surface area contributed by atoms with Crippen LogP contribution in [0.4, 0.5) is 10.2 Å². The van der Waals surface area contributed by atoms with E-state index in [1.807, 2.05) is 35.9 Å². The lowest BCUT2D eigenvalue weighted by molar-refractivity contribution is 0.627. The van der Waals surface area contributed by atoms with Gasteiger partial charge in [0.25, 0.3) is 0 Å². The van der Waals surface area contributed by atoms with Gasteiger partial charge in [-0.05, 0) is 69.1 Å². The highest BCUT2D eigenvalue weighted by atomic mass is 19.1. The highest BCUT2D eigenvalue weighted by molar-refractivity contribution is 5.65. The molecule has 0 spiro atoms. The van der Waals surface area contributed by atoms with Crippen LogP contribution >= 0.6 is 0 Å². The Morgan fingerprint density at radius 1 is 1.13 bits per heavy atom. The van der Waals surface area contributed by atoms with E-state index < -0.39 is 0 Å². The van der Waals surface area contributed by atoms with Gasteiger partial charge in [0.15, 0.2) is 0 Å². The summed E-state index contributed by atoms with van der Waals surface area (Å²) in [5.74, 6) is 1.45. The number of hydrogen-bond acceptors (Lipinski definition) is 5. The molecule has 4 rings (SSSR count). The first-order chi connectivity index (χ1) is 14.7. The van der Waals surface area contributed by atoms with E-state index in [1.54, 1.807) is 18.3 Å². The molecule has 0 unspecified atom stereocenters. The Bertz CT molecular complexity index is 1030. The fourth-order valence-electron chi connectivity index (χ4n) is 3.68. The number of benzene rings is 1. The maximum absolute atomic E-state index is 13.5. The lowest BCUT2D eigenvalue weighted by Gasteiger charge is -2.21. The summed E-state index contributed by atoms with van der Waals surface area (Å²) in [6.45, 7) is 9.41. The van der Waals surface area contributed by atoms with Crippen LogP contribution in [0.3, 0.4) is 0 Å². The van der Waals surface area contributed by atoms with Crippen molar-refractivity contribution in [3.8, 4) is 17.1 Å². The van der Waals surface area contributed by atoms with Crippen LogP contribution in [-0.2, 0) is 0 Å². The van der Waals surface area contributed by atoms with Crippen molar-refractivity contribution in [1.29, 1.82) is 0 Å². The molecule has 1 saturated heterocycles. The van der Waals surface area contributed by atoms with E-state index in [2.05, 4.69) is 21.9 Å². The summed E-state index contributed by atoms with van der Waals surface area (Å²) in [6, 6.07) is 10.5. The van der Waals surface area contributed by atoms with E-state index in [0.717, 1.165) is 66.9 Å². The van der Waals surface area contributed by atoms with Crippen LogP contribution < -0.4 is 10.2 Å². The van der Waals surface area contributed by atoms with Crippen molar-refractivity contribution in [3.63, 3.8) is 0 Å². The number of hydrogen-bond donors (Lipinski definition) is 1. The van der Waals surface area contributed by atoms with Gasteiger partial charge in [-0.1, -0.05) is 0 Å². The maximum atomic E-state index is 13.5. The molecule has 30 heavy (non-hydrogen) atoms. The molecule has 154 valence electrons. The summed E-state index contributed by atoms with van der Waals surface area (Å²) in [5, 5.41) is 3.41. The number of nitrogens with zero attached hydrogens (tertiary/aromatic N) is 5. The van der Waals surface area contributed by atoms with Crippen LogP contribution in [0, 0.1) is 12.7 Å². The molecule has 1 aliphatic heterocycles. The minimum atomic E-state index is -0.271. The number of imidazole rings is 1. The van der Waals surface area contributed by atoms with Gasteiger partial charge in [-0.15, -0.1) is 0 Å². The molecule has 0 aliphatic carbocycles. The predicted molar refractivity (Wildman–Crippen MR) is 120 cm³/mol. The lowest BCUT2D eigenvalue weighted by atomic mass is 10.2. The molecule has 1 aromatic carbocycles. The van der Waals surface area contributed by atoms with Crippen LogP contribution in [0.2, 0.25) is 0 Å². The van der Waals surface area contributed by atoms with Crippen LogP contribution in [0.5, 0.6) is 0 Å². The Balaban J connectivity index is 1.74. The zero-order chi connectivity index (χ0) is 20.9. The highest BCUT2D eigenvalue weighted by Gasteiger charge is 2.17.